The van der Waals surface area contributed by atoms with E-state index in [0.29, 0.717) is 6.04 Å². The fraction of sp³-hybridized carbons (Fsp3) is 0.500. The number of carbonyl (C=O) groups is 1. The fourth-order valence-electron chi connectivity index (χ4n) is 1.83. The first-order valence-corrected chi connectivity index (χ1v) is 5.60. The molecular weight excluding hydrogens is 204 g/mol. The van der Waals surface area contributed by atoms with E-state index < -0.39 is 5.97 Å². The normalized spacial score (nSPS) is 15.3. The molecule has 0 aliphatic heterocycles. The third-order valence-electron chi connectivity index (χ3n) is 2.84. The zero-order valence-electron chi connectivity index (χ0n) is 9.17. The SMILES string of the molecule is O=C(O)CN(CCc1ccncc1)C1CC1. The summed E-state index contributed by atoms with van der Waals surface area (Å²) in [7, 11) is 0. The zero-order valence-corrected chi connectivity index (χ0v) is 9.17. The lowest BCUT2D eigenvalue weighted by atomic mass is 10.2. The quantitative estimate of drug-likeness (QED) is 0.782. The number of aliphatic carboxylic acids is 1. The van der Waals surface area contributed by atoms with Gasteiger partial charge in [0.2, 0.25) is 0 Å². The van der Waals surface area contributed by atoms with Gasteiger partial charge >= 0.3 is 5.97 Å². The van der Waals surface area contributed by atoms with Crippen molar-refractivity contribution in [1.29, 1.82) is 0 Å². The maximum absolute atomic E-state index is 10.7. The zero-order chi connectivity index (χ0) is 11.4. The second-order valence-electron chi connectivity index (χ2n) is 4.20. The third-order valence-corrected chi connectivity index (χ3v) is 2.84. The first kappa shape index (κ1) is 11.1. The van der Waals surface area contributed by atoms with Crippen LogP contribution in [0.4, 0.5) is 0 Å². The van der Waals surface area contributed by atoms with E-state index >= 15 is 0 Å². The number of pyridine rings is 1. The smallest absolute Gasteiger partial charge is 0.317 e. The maximum Gasteiger partial charge on any atom is 0.317 e. The molecule has 4 heteroatoms. The Hall–Kier alpha value is -1.42. The van der Waals surface area contributed by atoms with Crippen LogP contribution in [0, 0.1) is 0 Å². The van der Waals surface area contributed by atoms with Crippen LogP contribution in [0.25, 0.3) is 0 Å². The molecule has 0 atom stereocenters. The molecule has 1 aromatic rings. The number of carboxylic acids is 1. The Bertz CT molecular complexity index is 349. The van der Waals surface area contributed by atoms with Crippen molar-refractivity contribution in [2.24, 2.45) is 0 Å². The molecule has 1 saturated carbocycles. The van der Waals surface area contributed by atoms with Crippen LogP contribution < -0.4 is 0 Å². The molecule has 0 amide bonds. The minimum Gasteiger partial charge on any atom is -0.480 e. The molecule has 1 aromatic heterocycles. The van der Waals surface area contributed by atoms with Crippen LogP contribution in [0.3, 0.4) is 0 Å². The third kappa shape index (κ3) is 3.31. The van der Waals surface area contributed by atoms with Gasteiger partial charge in [-0.05, 0) is 37.0 Å². The van der Waals surface area contributed by atoms with Gasteiger partial charge in [-0.15, -0.1) is 0 Å². The van der Waals surface area contributed by atoms with E-state index in [0.717, 1.165) is 25.8 Å². The number of hydrogen-bond acceptors (Lipinski definition) is 3. The van der Waals surface area contributed by atoms with E-state index in [1.165, 1.54) is 5.56 Å². The summed E-state index contributed by atoms with van der Waals surface area (Å²) in [6.07, 6.45) is 6.72. The highest BCUT2D eigenvalue weighted by atomic mass is 16.4. The van der Waals surface area contributed by atoms with Gasteiger partial charge in [-0.2, -0.15) is 0 Å². The van der Waals surface area contributed by atoms with Crippen molar-refractivity contribution < 1.29 is 9.90 Å². The minimum atomic E-state index is -0.735. The van der Waals surface area contributed by atoms with E-state index in [1.807, 2.05) is 12.1 Å². The molecule has 4 nitrogen and oxygen atoms in total. The van der Waals surface area contributed by atoms with Gasteiger partial charge in [0, 0.05) is 25.0 Å². The van der Waals surface area contributed by atoms with E-state index in [-0.39, 0.29) is 6.54 Å². The number of carboxylic acid groups (broad SMARTS) is 1. The number of hydrogen-bond donors (Lipinski definition) is 1. The van der Waals surface area contributed by atoms with Crippen LogP contribution >= 0.6 is 0 Å². The Morgan fingerprint density at radius 3 is 2.69 bits per heavy atom. The van der Waals surface area contributed by atoms with Crippen LogP contribution in [0.1, 0.15) is 18.4 Å². The summed E-state index contributed by atoms with van der Waals surface area (Å²) in [6, 6.07) is 4.45. The van der Waals surface area contributed by atoms with Gasteiger partial charge in [0.15, 0.2) is 0 Å². The summed E-state index contributed by atoms with van der Waals surface area (Å²) in [6.45, 7) is 0.983. The lowest BCUT2D eigenvalue weighted by Gasteiger charge is -2.19. The molecule has 1 heterocycles. The van der Waals surface area contributed by atoms with Gasteiger partial charge in [-0.25, -0.2) is 0 Å². The summed E-state index contributed by atoms with van der Waals surface area (Å²) in [5.74, 6) is -0.735. The summed E-state index contributed by atoms with van der Waals surface area (Å²) in [4.78, 5) is 16.7. The molecular formula is C12H16N2O2. The molecule has 0 saturated heterocycles. The number of nitrogens with zero attached hydrogens (tertiary/aromatic N) is 2. The van der Waals surface area contributed by atoms with Crippen LogP contribution in [-0.2, 0) is 11.2 Å². The van der Waals surface area contributed by atoms with Gasteiger partial charge in [0.1, 0.15) is 0 Å². The van der Waals surface area contributed by atoms with Gasteiger partial charge in [0.25, 0.3) is 0 Å². The van der Waals surface area contributed by atoms with Gasteiger partial charge < -0.3 is 5.11 Å². The first-order chi connectivity index (χ1) is 7.75. The number of rotatable bonds is 6. The van der Waals surface area contributed by atoms with Gasteiger partial charge in [-0.3, -0.25) is 14.7 Å². The van der Waals surface area contributed by atoms with Crippen molar-refractivity contribution in [2.45, 2.75) is 25.3 Å². The Labute approximate surface area is 94.9 Å². The monoisotopic (exact) mass is 220 g/mol. The number of aromatic nitrogens is 1. The van der Waals surface area contributed by atoms with Crippen LogP contribution in [0.5, 0.6) is 0 Å². The standard InChI is InChI=1S/C12H16N2O2/c15-12(16)9-14(11-1-2-11)8-5-10-3-6-13-7-4-10/h3-4,6-7,11H,1-2,5,8-9H2,(H,15,16). The van der Waals surface area contributed by atoms with E-state index in [1.54, 1.807) is 12.4 Å². The van der Waals surface area contributed by atoms with Gasteiger partial charge in [-0.1, -0.05) is 0 Å². The van der Waals surface area contributed by atoms with E-state index in [4.69, 9.17) is 5.11 Å². The van der Waals surface area contributed by atoms with Gasteiger partial charge in [0.05, 0.1) is 6.54 Å². The average Bonchev–Trinajstić information content (AvgIpc) is 3.09. The highest BCUT2D eigenvalue weighted by Crippen LogP contribution is 2.26. The predicted octanol–water partition coefficient (Wildman–Crippen LogP) is 1.17. The minimum absolute atomic E-state index is 0.162. The maximum atomic E-state index is 10.7. The second kappa shape index (κ2) is 5.07. The molecule has 1 aliphatic rings. The lowest BCUT2D eigenvalue weighted by molar-refractivity contribution is -0.138. The van der Waals surface area contributed by atoms with Crippen molar-refractivity contribution in [3.05, 3.63) is 30.1 Å². The Kier molecular flexibility index (Phi) is 3.51. The largest absolute Gasteiger partial charge is 0.480 e. The van der Waals surface area contributed by atoms with Crippen molar-refractivity contribution in [1.82, 2.24) is 9.88 Å². The van der Waals surface area contributed by atoms with E-state index in [9.17, 15) is 4.79 Å². The summed E-state index contributed by atoms with van der Waals surface area (Å²) >= 11 is 0. The molecule has 0 radical (unpaired) electrons. The molecule has 16 heavy (non-hydrogen) atoms. The highest BCUT2D eigenvalue weighted by Gasteiger charge is 2.29. The van der Waals surface area contributed by atoms with Crippen molar-refractivity contribution >= 4 is 5.97 Å². The molecule has 1 aliphatic carbocycles. The Balaban J connectivity index is 1.84. The molecule has 1 fully saturated rings. The van der Waals surface area contributed by atoms with Crippen LogP contribution in [0.15, 0.2) is 24.5 Å². The summed E-state index contributed by atoms with van der Waals surface area (Å²) < 4.78 is 0. The Morgan fingerprint density at radius 1 is 1.44 bits per heavy atom. The molecule has 0 spiro atoms. The van der Waals surface area contributed by atoms with Crippen molar-refractivity contribution in [3.8, 4) is 0 Å². The molecule has 86 valence electrons. The fourth-order valence-corrected chi connectivity index (χ4v) is 1.83. The van der Waals surface area contributed by atoms with E-state index in [2.05, 4.69) is 9.88 Å². The summed E-state index contributed by atoms with van der Waals surface area (Å²) in [5.41, 5.74) is 1.21. The lowest BCUT2D eigenvalue weighted by Crippen LogP contribution is -2.33. The highest BCUT2D eigenvalue weighted by molar-refractivity contribution is 5.69. The summed E-state index contributed by atoms with van der Waals surface area (Å²) in [5, 5.41) is 8.81. The molecule has 0 bridgehead atoms. The molecule has 2 rings (SSSR count). The van der Waals surface area contributed by atoms with Crippen LogP contribution in [-0.4, -0.2) is 40.1 Å². The molecule has 0 unspecified atom stereocenters. The average molecular weight is 220 g/mol. The van der Waals surface area contributed by atoms with Crippen molar-refractivity contribution in [2.75, 3.05) is 13.1 Å². The predicted molar refractivity (Wildman–Crippen MR) is 60.2 cm³/mol. The second-order valence-corrected chi connectivity index (χ2v) is 4.20. The topological polar surface area (TPSA) is 53.4 Å². The Morgan fingerprint density at radius 2 is 2.12 bits per heavy atom. The molecule has 0 aromatic carbocycles. The van der Waals surface area contributed by atoms with Crippen molar-refractivity contribution in [3.63, 3.8) is 0 Å². The first-order valence-electron chi connectivity index (χ1n) is 5.60. The molecule has 1 N–H and O–H groups in total. The van der Waals surface area contributed by atoms with Crippen LogP contribution in [0.2, 0.25) is 0 Å².